The lowest BCUT2D eigenvalue weighted by atomic mass is 10.3. The molecule has 14 heavy (non-hydrogen) atoms. The summed E-state index contributed by atoms with van der Waals surface area (Å²) in [5.74, 6) is -1.17. The predicted molar refractivity (Wildman–Crippen MR) is 50.6 cm³/mol. The van der Waals surface area contributed by atoms with E-state index >= 15 is 0 Å². The fourth-order valence-electron chi connectivity index (χ4n) is 0.566. The SMILES string of the molecule is CCCO[C@@](C)(N)C(=O)OP(=O)(O)Cl. The first-order valence-electron chi connectivity index (χ1n) is 3.88. The number of nitrogens with two attached hydrogens (primary N) is 1. The van der Waals surface area contributed by atoms with Crippen molar-refractivity contribution < 1.29 is 23.5 Å². The fraction of sp³-hybridized carbons (Fsp3) is 0.833. The quantitative estimate of drug-likeness (QED) is 0.553. The van der Waals surface area contributed by atoms with Crippen molar-refractivity contribution in [2.45, 2.75) is 26.0 Å². The molecule has 0 saturated carbocycles. The molecule has 0 aliphatic heterocycles. The largest absolute Gasteiger partial charge is 0.476 e. The van der Waals surface area contributed by atoms with E-state index in [1.54, 1.807) is 0 Å². The van der Waals surface area contributed by atoms with Crippen LogP contribution in [0.15, 0.2) is 0 Å². The Morgan fingerprint density at radius 2 is 2.21 bits per heavy atom. The zero-order chi connectivity index (χ0) is 11.4. The molecule has 0 amide bonds. The molecule has 0 heterocycles. The zero-order valence-electron chi connectivity index (χ0n) is 7.90. The second kappa shape index (κ2) is 5.09. The van der Waals surface area contributed by atoms with Crippen molar-refractivity contribution in [1.29, 1.82) is 0 Å². The standard InChI is InChI=1S/C6H13ClNO5P/c1-3-4-12-6(2,8)5(9)13-14(7,10)11/h3-4,8H2,1-2H3,(H,10,11)/t6-/m1/s1. The lowest BCUT2D eigenvalue weighted by Gasteiger charge is -2.22. The summed E-state index contributed by atoms with van der Waals surface area (Å²) >= 11 is 4.83. The molecule has 0 saturated heterocycles. The third kappa shape index (κ3) is 5.57. The summed E-state index contributed by atoms with van der Waals surface area (Å²) < 4.78 is 19.4. The Bertz CT molecular complexity index is 251. The summed E-state index contributed by atoms with van der Waals surface area (Å²) in [6.45, 7) is -1.11. The van der Waals surface area contributed by atoms with Gasteiger partial charge < -0.3 is 14.2 Å². The van der Waals surface area contributed by atoms with Gasteiger partial charge in [0.15, 0.2) is 0 Å². The van der Waals surface area contributed by atoms with E-state index in [9.17, 15) is 9.36 Å². The zero-order valence-corrected chi connectivity index (χ0v) is 9.55. The highest BCUT2D eigenvalue weighted by Gasteiger charge is 2.35. The highest BCUT2D eigenvalue weighted by atomic mass is 35.7. The van der Waals surface area contributed by atoms with E-state index in [-0.39, 0.29) is 6.61 Å². The highest BCUT2D eigenvalue weighted by Crippen LogP contribution is 2.48. The van der Waals surface area contributed by atoms with Gasteiger partial charge in [0.1, 0.15) is 0 Å². The molecule has 0 aliphatic carbocycles. The smallest absolute Gasteiger partial charge is 0.377 e. The van der Waals surface area contributed by atoms with Crippen LogP contribution >= 0.6 is 18.2 Å². The van der Waals surface area contributed by atoms with E-state index in [0.29, 0.717) is 6.42 Å². The summed E-state index contributed by atoms with van der Waals surface area (Å²) in [7, 11) is 0. The van der Waals surface area contributed by atoms with Gasteiger partial charge in [-0.1, -0.05) is 6.92 Å². The van der Waals surface area contributed by atoms with Gasteiger partial charge in [-0.05, 0) is 13.3 Å². The molecule has 6 nitrogen and oxygen atoms in total. The van der Waals surface area contributed by atoms with Crippen LogP contribution in [0.5, 0.6) is 0 Å². The molecule has 3 N–H and O–H groups in total. The molecule has 1 unspecified atom stereocenters. The Balaban J connectivity index is 4.28. The van der Waals surface area contributed by atoms with Gasteiger partial charge in [-0.3, -0.25) is 5.73 Å². The number of hydrogen-bond acceptors (Lipinski definition) is 5. The summed E-state index contributed by atoms with van der Waals surface area (Å²) in [4.78, 5) is 19.6. The van der Waals surface area contributed by atoms with Crippen molar-refractivity contribution in [2.24, 2.45) is 5.73 Å². The van der Waals surface area contributed by atoms with Crippen molar-refractivity contribution >= 4 is 24.2 Å². The number of carbonyl (C=O) groups is 1. The summed E-state index contributed by atoms with van der Waals surface area (Å²) in [6.07, 6.45) is 0.651. The van der Waals surface area contributed by atoms with Crippen molar-refractivity contribution in [3.05, 3.63) is 0 Å². The minimum atomic E-state index is -4.39. The van der Waals surface area contributed by atoms with E-state index in [1.165, 1.54) is 6.92 Å². The maximum absolute atomic E-state index is 11.1. The summed E-state index contributed by atoms with van der Waals surface area (Å²) in [6, 6.07) is 0. The van der Waals surface area contributed by atoms with Crippen LogP contribution in [0, 0.1) is 0 Å². The molecular formula is C6H13ClNO5P. The molecule has 0 bridgehead atoms. The van der Waals surface area contributed by atoms with Gasteiger partial charge in [0.25, 0.3) is 0 Å². The molecule has 0 fully saturated rings. The molecule has 84 valence electrons. The molecule has 8 heteroatoms. The maximum Gasteiger partial charge on any atom is 0.476 e. The van der Waals surface area contributed by atoms with E-state index in [4.69, 9.17) is 26.6 Å². The molecule has 0 aromatic carbocycles. The first kappa shape index (κ1) is 13.9. The van der Waals surface area contributed by atoms with Crippen molar-refractivity contribution in [3.63, 3.8) is 0 Å². The molecular weight excluding hydrogens is 232 g/mol. The van der Waals surface area contributed by atoms with Crippen LogP contribution in [-0.2, 0) is 18.6 Å². The Kier molecular flexibility index (Phi) is 5.05. The Morgan fingerprint density at radius 3 is 2.57 bits per heavy atom. The third-order valence-corrected chi connectivity index (χ3v) is 1.80. The van der Waals surface area contributed by atoms with Crippen LogP contribution in [0.2, 0.25) is 0 Å². The monoisotopic (exact) mass is 245 g/mol. The van der Waals surface area contributed by atoms with Gasteiger partial charge in [0, 0.05) is 17.8 Å². The van der Waals surface area contributed by atoms with Crippen molar-refractivity contribution in [1.82, 2.24) is 0 Å². The molecule has 0 aromatic heterocycles. The van der Waals surface area contributed by atoms with Crippen LogP contribution < -0.4 is 5.73 Å². The summed E-state index contributed by atoms with van der Waals surface area (Å²) in [5, 5.41) is 0. The highest BCUT2D eigenvalue weighted by molar-refractivity contribution is 7.80. The number of ether oxygens (including phenoxy) is 1. The second-order valence-electron chi connectivity index (χ2n) is 2.79. The van der Waals surface area contributed by atoms with Gasteiger partial charge in [-0.2, -0.15) is 0 Å². The average molecular weight is 246 g/mol. The van der Waals surface area contributed by atoms with Gasteiger partial charge >= 0.3 is 12.9 Å². The van der Waals surface area contributed by atoms with Gasteiger partial charge in [0.05, 0.1) is 0 Å². The van der Waals surface area contributed by atoms with Crippen LogP contribution in [0.4, 0.5) is 0 Å². The van der Waals surface area contributed by atoms with Crippen LogP contribution in [0.25, 0.3) is 0 Å². The molecule has 0 aliphatic rings. The number of hydrogen-bond donors (Lipinski definition) is 2. The first-order chi connectivity index (χ1) is 6.19. The minimum absolute atomic E-state index is 0.236. The Labute approximate surface area is 86.6 Å². The second-order valence-corrected chi connectivity index (χ2v) is 5.15. The minimum Gasteiger partial charge on any atom is -0.377 e. The first-order valence-corrected chi connectivity index (χ1v) is 6.36. The van der Waals surface area contributed by atoms with Crippen LogP contribution in [-0.4, -0.2) is 23.2 Å². The lowest BCUT2D eigenvalue weighted by Crippen LogP contribution is -2.48. The van der Waals surface area contributed by atoms with Crippen molar-refractivity contribution in [2.75, 3.05) is 6.61 Å². The summed E-state index contributed by atoms with van der Waals surface area (Å²) in [5.41, 5.74) is 3.61. The maximum atomic E-state index is 11.1. The van der Waals surface area contributed by atoms with E-state index < -0.39 is 18.6 Å². The van der Waals surface area contributed by atoms with Crippen LogP contribution in [0.3, 0.4) is 0 Å². The normalized spacial score (nSPS) is 19.5. The molecule has 0 aromatic rings. The number of carbonyl (C=O) groups excluding carboxylic acids is 1. The Morgan fingerprint density at radius 1 is 1.71 bits per heavy atom. The predicted octanol–water partition coefficient (Wildman–Crippen LogP) is 0.970. The fourth-order valence-corrected chi connectivity index (χ4v) is 1.14. The topological polar surface area (TPSA) is 98.9 Å². The molecule has 0 spiro atoms. The van der Waals surface area contributed by atoms with Crippen LogP contribution in [0.1, 0.15) is 20.3 Å². The molecule has 0 rings (SSSR count). The van der Waals surface area contributed by atoms with Gasteiger partial charge in [0.2, 0.25) is 5.72 Å². The van der Waals surface area contributed by atoms with E-state index in [2.05, 4.69) is 4.52 Å². The van der Waals surface area contributed by atoms with E-state index in [1.807, 2.05) is 6.92 Å². The number of halogens is 1. The van der Waals surface area contributed by atoms with Gasteiger partial charge in [-0.15, -0.1) is 0 Å². The van der Waals surface area contributed by atoms with Gasteiger partial charge in [-0.25, -0.2) is 9.36 Å². The van der Waals surface area contributed by atoms with E-state index in [0.717, 1.165) is 0 Å². The average Bonchev–Trinajstić information content (AvgIpc) is 1.97. The van der Waals surface area contributed by atoms with Crippen molar-refractivity contribution in [3.8, 4) is 0 Å². The Hall–Kier alpha value is -0.130. The molecule has 2 atom stereocenters. The molecule has 0 radical (unpaired) electrons. The lowest BCUT2D eigenvalue weighted by molar-refractivity contribution is -0.160. The third-order valence-electron chi connectivity index (χ3n) is 1.21. The number of rotatable bonds is 5.